The Bertz CT molecular complexity index is 526. The van der Waals surface area contributed by atoms with Crippen LogP contribution in [0, 0.1) is 6.92 Å². The first kappa shape index (κ1) is 9.77. The lowest BCUT2D eigenvalue weighted by atomic mass is 10.1. The number of carbonyl (C=O) groups is 1. The van der Waals surface area contributed by atoms with Gasteiger partial charge in [0.25, 0.3) is 0 Å². The minimum atomic E-state index is -0.283. The molecule has 0 saturated carbocycles. The molecule has 2 N–H and O–H groups in total. The maximum absolute atomic E-state index is 11.0. The van der Waals surface area contributed by atoms with Crippen LogP contribution in [0.4, 0.5) is 0 Å². The second-order valence-electron chi connectivity index (χ2n) is 3.78. The largest absolute Gasteiger partial charge is 0.369 e. The molecule has 0 radical (unpaired) electrons. The molecule has 3 nitrogen and oxygen atoms in total. The summed E-state index contributed by atoms with van der Waals surface area (Å²) in [6.07, 6.45) is 0.313. The zero-order valence-electron chi connectivity index (χ0n) is 8.95. The predicted octanol–water partition coefficient (Wildman–Crippen LogP) is 1.51. The first-order valence-electron chi connectivity index (χ1n) is 4.92. The number of nitrogens with zero attached hydrogens (tertiary/aromatic N) is 1. The predicted molar refractivity (Wildman–Crippen MR) is 60.6 cm³/mol. The van der Waals surface area contributed by atoms with Crippen LogP contribution in [0.15, 0.2) is 24.3 Å². The van der Waals surface area contributed by atoms with Crippen LogP contribution >= 0.6 is 0 Å². The summed E-state index contributed by atoms with van der Waals surface area (Å²) in [6, 6.07) is 8.05. The van der Waals surface area contributed by atoms with Gasteiger partial charge >= 0.3 is 0 Å². The Morgan fingerprint density at radius 2 is 2.07 bits per heavy atom. The van der Waals surface area contributed by atoms with E-state index in [1.807, 2.05) is 38.2 Å². The van der Waals surface area contributed by atoms with Gasteiger partial charge in [-0.25, -0.2) is 0 Å². The standard InChI is InChI=1S/C12H14N2O/c1-8-10(7-12(13)15)9-5-3-4-6-11(9)14(8)2/h3-6H,7H2,1-2H3,(H2,13,15). The molecule has 0 aliphatic carbocycles. The third-order valence-electron chi connectivity index (χ3n) is 2.88. The molecule has 1 heterocycles. The molecule has 0 aliphatic heterocycles. The zero-order chi connectivity index (χ0) is 11.0. The number of aryl methyl sites for hydroxylation is 1. The number of fused-ring (bicyclic) bond motifs is 1. The van der Waals surface area contributed by atoms with Crippen LogP contribution in [-0.4, -0.2) is 10.5 Å². The minimum Gasteiger partial charge on any atom is -0.369 e. The third-order valence-corrected chi connectivity index (χ3v) is 2.88. The van der Waals surface area contributed by atoms with Gasteiger partial charge in [-0.05, 0) is 18.6 Å². The fraction of sp³-hybridized carbons (Fsp3) is 0.250. The van der Waals surface area contributed by atoms with Crippen molar-refractivity contribution < 1.29 is 4.79 Å². The Balaban J connectivity index is 2.72. The molecule has 0 spiro atoms. The van der Waals surface area contributed by atoms with Crippen LogP contribution in [0.5, 0.6) is 0 Å². The van der Waals surface area contributed by atoms with E-state index in [9.17, 15) is 4.79 Å². The van der Waals surface area contributed by atoms with Crippen molar-refractivity contribution in [2.24, 2.45) is 12.8 Å². The molecule has 0 atom stereocenters. The van der Waals surface area contributed by atoms with Crippen molar-refractivity contribution in [2.75, 3.05) is 0 Å². The first-order chi connectivity index (χ1) is 7.11. The summed E-state index contributed by atoms with van der Waals surface area (Å²) in [5.41, 5.74) is 8.54. The Morgan fingerprint density at radius 1 is 1.40 bits per heavy atom. The highest BCUT2D eigenvalue weighted by molar-refractivity contribution is 5.90. The number of benzene rings is 1. The normalized spacial score (nSPS) is 10.8. The van der Waals surface area contributed by atoms with Crippen molar-refractivity contribution in [3.63, 3.8) is 0 Å². The zero-order valence-corrected chi connectivity index (χ0v) is 8.95. The Hall–Kier alpha value is -1.77. The number of para-hydroxylation sites is 1. The van der Waals surface area contributed by atoms with E-state index >= 15 is 0 Å². The number of nitrogens with two attached hydrogens (primary N) is 1. The summed E-state index contributed by atoms with van der Waals surface area (Å²) < 4.78 is 2.09. The average molecular weight is 202 g/mol. The molecular weight excluding hydrogens is 188 g/mol. The molecule has 0 aliphatic rings. The Labute approximate surface area is 88.5 Å². The summed E-state index contributed by atoms with van der Waals surface area (Å²) >= 11 is 0. The third kappa shape index (κ3) is 1.50. The maximum Gasteiger partial charge on any atom is 0.221 e. The van der Waals surface area contributed by atoms with Crippen LogP contribution < -0.4 is 5.73 Å². The molecular formula is C12H14N2O. The molecule has 78 valence electrons. The SMILES string of the molecule is Cc1c(CC(N)=O)c2ccccc2n1C. The van der Waals surface area contributed by atoms with E-state index < -0.39 is 0 Å². The number of hydrogen-bond donors (Lipinski definition) is 1. The fourth-order valence-electron chi connectivity index (χ4n) is 2.00. The highest BCUT2D eigenvalue weighted by Crippen LogP contribution is 2.24. The summed E-state index contributed by atoms with van der Waals surface area (Å²) in [5.74, 6) is -0.283. The van der Waals surface area contributed by atoms with Crippen LogP contribution in [0.2, 0.25) is 0 Å². The Morgan fingerprint density at radius 3 is 2.73 bits per heavy atom. The topological polar surface area (TPSA) is 48.0 Å². The quantitative estimate of drug-likeness (QED) is 0.788. The molecule has 0 bridgehead atoms. The van der Waals surface area contributed by atoms with E-state index in [-0.39, 0.29) is 5.91 Å². The van der Waals surface area contributed by atoms with Crippen LogP contribution in [-0.2, 0) is 18.3 Å². The van der Waals surface area contributed by atoms with Crippen molar-refractivity contribution in [3.05, 3.63) is 35.5 Å². The molecule has 0 unspecified atom stereocenters. The van der Waals surface area contributed by atoms with Crippen molar-refractivity contribution in [1.82, 2.24) is 4.57 Å². The van der Waals surface area contributed by atoms with Gasteiger partial charge in [-0.3, -0.25) is 4.79 Å². The van der Waals surface area contributed by atoms with E-state index in [4.69, 9.17) is 5.73 Å². The first-order valence-corrected chi connectivity index (χ1v) is 4.92. The smallest absolute Gasteiger partial charge is 0.221 e. The molecule has 2 aromatic rings. The Kier molecular flexibility index (Phi) is 2.23. The van der Waals surface area contributed by atoms with Gasteiger partial charge in [0.1, 0.15) is 0 Å². The molecule has 2 rings (SSSR count). The average Bonchev–Trinajstić information content (AvgIpc) is 2.44. The van der Waals surface area contributed by atoms with Gasteiger partial charge in [0.2, 0.25) is 5.91 Å². The second kappa shape index (κ2) is 3.42. The van der Waals surface area contributed by atoms with E-state index in [2.05, 4.69) is 4.57 Å². The lowest BCUT2D eigenvalue weighted by Gasteiger charge is -1.99. The van der Waals surface area contributed by atoms with E-state index in [1.54, 1.807) is 0 Å². The summed E-state index contributed by atoms with van der Waals surface area (Å²) in [4.78, 5) is 11.0. The maximum atomic E-state index is 11.0. The molecule has 1 aromatic heterocycles. The van der Waals surface area contributed by atoms with Gasteiger partial charge in [-0.2, -0.15) is 0 Å². The summed E-state index contributed by atoms with van der Waals surface area (Å²) in [5, 5.41) is 1.12. The van der Waals surface area contributed by atoms with Gasteiger partial charge in [0.15, 0.2) is 0 Å². The van der Waals surface area contributed by atoms with Crippen LogP contribution in [0.1, 0.15) is 11.3 Å². The van der Waals surface area contributed by atoms with Crippen molar-refractivity contribution in [2.45, 2.75) is 13.3 Å². The summed E-state index contributed by atoms with van der Waals surface area (Å²) in [6.45, 7) is 2.01. The van der Waals surface area contributed by atoms with Crippen molar-refractivity contribution in [3.8, 4) is 0 Å². The second-order valence-corrected chi connectivity index (χ2v) is 3.78. The fourth-order valence-corrected chi connectivity index (χ4v) is 2.00. The van der Waals surface area contributed by atoms with Gasteiger partial charge in [0, 0.05) is 23.6 Å². The number of rotatable bonds is 2. The number of primary amides is 1. The van der Waals surface area contributed by atoms with Gasteiger partial charge in [0.05, 0.1) is 6.42 Å². The number of carbonyl (C=O) groups excluding carboxylic acids is 1. The van der Waals surface area contributed by atoms with Gasteiger partial charge in [-0.15, -0.1) is 0 Å². The highest BCUT2D eigenvalue weighted by atomic mass is 16.1. The van der Waals surface area contributed by atoms with Crippen molar-refractivity contribution >= 4 is 16.8 Å². The molecule has 0 fully saturated rings. The number of hydrogen-bond acceptors (Lipinski definition) is 1. The monoisotopic (exact) mass is 202 g/mol. The van der Waals surface area contributed by atoms with E-state index in [1.165, 1.54) is 0 Å². The number of amides is 1. The van der Waals surface area contributed by atoms with E-state index in [0.29, 0.717) is 6.42 Å². The van der Waals surface area contributed by atoms with Crippen molar-refractivity contribution in [1.29, 1.82) is 0 Å². The molecule has 3 heteroatoms. The molecule has 1 amide bonds. The number of aromatic nitrogens is 1. The molecule has 1 aromatic carbocycles. The molecule has 15 heavy (non-hydrogen) atoms. The van der Waals surface area contributed by atoms with Gasteiger partial charge in [-0.1, -0.05) is 18.2 Å². The summed E-state index contributed by atoms with van der Waals surface area (Å²) in [7, 11) is 2.00. The minimum absolute atomic E-state index is 0.283. The van der Waals surface area contributed by atoms with Crippen LogP contribution in [0.25, 0.3) is 10.9 Å². The van der Waals surface area contributed by atoms with Gasteiger partial charge < -0.3 is 10.3 Å². The van der Waals surface area contributed by atoms with Crippen LogP contribution in [0.3, 0.4) is 0 Å². The van der Waals surface area contributed by atoms with E-state index in [0.717, 1.165) is 22.2 Å². The highest BCUT2D eigenvalue weighted by Gasteiger charge is 2.12. The lowest BCUT2D eigenvalue weighted by Crippen LogP contribution is -2.14. The lowest BCUT2D eigenvalue weighted by molar-refractivity contribution is -0.117. The molecule has 0 saturated heterocycles.